The largest absolute Gasteiger partial charge is 0.493 e. The number of para-hydroxylation sites is 2. The zero-order valence-corrected chi connectivity index (χ0v) is 13.1. The zero-order chi connectivity index (χ0) is 13.5. The number of ether oxygens (including phenoxy) is 2. The molecule has 0 N–H and O–H groups in total. The van der Waals surface area contributed by atoms with E-state index in [1.165, 1.54) is 19.3 Å². The minimum Gasteiger partial charge on any atom is -0.493 e. The van der Waals surface area contributed by atoms with Crippen LogP contribution in [0.5, 0.6) is 11.5 Å². The first-order valence-corrected chi connectivity index (χ1v) is 8.03. The van der Waals surface area contributed by atoms with Gasteiger partial charge in [0.05, 0.1) is 7.11 Å². The van der Waals surface area contributed by atoms with E-state index in [-0.39, 0.29) is 0 Å². The van der Waals surface area contributed by atoms with E-state index in [0.29, 0.717) is 6.61 Å². The molecule has 0 amide bonds. The van der Waals surface area contributed by atoms with E-state index in [1.807, 2.05) is 24.3 Å². The summed E-state index contributed by atoms with van der Waals surface area (Å²) in [4.78, 5) is 2.52. The molecule has 1 aromatic rings. The molecule has 0 radical (unpaired) electrons. The SMILES string of the molecule is COc1ccccc1OCCN(CCBr)C1CCC1. The van der Waals surface area contributed by atoms with Gasteiger partial charge < -0.3 is 9.47 Å². The molecule has 1 aliphatic carbocycles. The van der Waals surface area contributed by atoms with E-state index in [4.69, 9.17) is 9.47 Å². The number of halogens is 1. The summed E-state index contributed by atoms with van der Waals surface area (Å²) in [5.74, 6) is 1.63. The lowest BCUT2D eigenvalue weighted by Crippen LogP contribution is -2.43. The lowest BCUT2D eigenvalue weighted by atomic mass is 9.91. The van der Waals surface area contributed by atoms with Gasteiger partial charge in [0.25, 0.3) is 0 Å². The van der Waals surface area contributed by atoms with Crippen molar-refractivity contribution in [2.45, 2.75) is 25.3 Å². The van der Waals surface area contributed by atoms with Gasteiger partial charge in [-0.05, 0) is 25.0 Å². The van der Waals surface area contributed by atoms with Gasteiger partial charge in [-0.15, -0.1) is 0 Å². The van der Waals surface area contributed by atoms with E-state index < -0.39 is 0 Å². The molecule has 19 heavy (non-hydrogen) atoms. The number of hydrogen-bond acceptors (Lipinski definition) is 3. The van der Waals surface area contributed by atoms with Crippen molar-refractivity contribution in [1.29, 1.82) is 0 Å². The van der Waals surface area contributed by atoms with Gasteiger partial charge in [0.2, 0.25) is 0 Å². The van der Waals surface area contributed by atoms with Crippen molar-refractivity contribution >= 4 is 15.9 Å². The average molecular weight is 328 g/mol. The third kappa shape index (κ3) is 4.11. The molecule has 0 aliphatic heterocycles. The molecule has 1 fully saturated rings. The van der Waals surface area contributed by atoms with Crippen molar-refractivity contribution in [2.75, 3.05) is 32.1 Å². The summed E-state index contributed by atoms with van der Waals surface area (Å²) in [6.45, 7) is 2.79. The third-order valence-corrected chi connectivity index (χ3v) is 4.02. The van der Waals surface area contributed by atoms with Crippen LogP contribution in [0.2, 0.25) is 0 Å². The fraction of sp³-hybridized carbons (Fsp3) is 0.600. The summed E-state index contributed by atoms with van der Waals surface area (Å²) in [6, 6.07) is 8.57. The van der Waals surface area contributed by atoms with Crippen LogP contribution in [0, 0.1) is 0 Å². The van der Waals surface area contributed by atoms with Crippen LogP contribution in [0.4, 0.5) is 0 Å². The molecule has 0 unspecified atom stereocenters. The van der Waals surface area contributed by atoms with Gasteiger partial charge in [-0.3, -0.25) is 4.90 Å². The first-order valence-electron chi connectivity index (χ1n) is 6.91. The Morgan fingerprint density at radius 1 is 1.21 bits per heavy atom. The molecule has 1 saturated carbocycles. The molecule has 106 valence electrons. The van der Waals surface area contributed by atoms with E-state index in [2.05, 4.69) is 20.8 Å². The fourth-order valence-electron chi connectivity index (χ4n) is 2.35. The van der Waals surface area contributed by atoms with Gasteiger partial charge in [0, 0.05) is 24.5 Å². The molecule has 1 aromatic carbocycles. The highest BCUT2D eigenvalue weighted by atomic mass is 79.9. The predicted molar refractivity (Wildman–Crippen MR) is 81.5 cm³/mol. The Kier molecular flexibility index (Phi) is 5.98. The third-order valence-electron chi connectivity index (χ3n) is 3.67. The van der Waals surface area contributed by atoms with Gasteiger partial charge in [-0.25, -0.2) is 0 Å². The molecule has 4 heteroatoms. The van der Waals surface area contributed by atoms with Crippen molar-refractivity contribution in [3.8, 4) is 11.5 Å². The second kappa shape index (κ2) is 7.75. The summed E-state index contributed by atoms with van der Waals surface area (Å²) in [5, 5.41) is 1.03. The molecular formula is C15H22BrNO2. The van der Waals surface area contributed by atoms with E-state index in [1.54, 1.807) is 7.11 Å². The molecule has 0 saturated heterocycles. The van der Waals surface area contributed by atoms with Crippen LogP contribution in [0.25, 0.3) is 0 Å². The quantitative estimate of drug-likeness (QED) is 0.684. The van der Waals surface area contributed by atoms with Gasteiger partial charge in [0.1, 0.15) is 6.61 Å². The highest BCUT2D eigenvalue weighted by Gasteiger charge is 2.24. The smallest absolute Gasteiger partial charge is 0.161 e. The highest BCUT2D eigenvalue weighted by Crippen LogP contribution is 2.27. The van der Waals surface area contributed by atoms with Crippen molar-refractivity contribution in [2.24, 2.45) is 0 Å². The maximum atomic E-state index is 5.84. The standard InChI is InChI=1S/C15H22BrNO2/c1-18-14-7-2-3-8-15(14)19-12-11-17(10-9-16)13-5-4-6-13/h2-3,7-8,13H,4-6,9-12H2,1H3. The first kappa shape index (κ1) is 14.7. The fourth-order valence-corrected chi connectivity index (χ4v) is 2.80. The summed E-state index contributed by atoms with van der Waals surface area (Å²) in [5.41, 5.74) is 0. The first-order chi connectivity index (χ1) is 9.35. The topological polar surface area (TPSA) is 21.7 Å². The van der Waals surface area contributed by atoms with Crippen molar-refractivity contribution in [3.05, 3.63) is 24.3 Å². The summed E-state index contributed by atoms with van der Waals surface area (Å²) in [6.07, 6.45) is 4.04. The van der Waals surface area contributed by atoms with Crippen molar-refractivity contribution in [3.63, 3.8) is 0 Å². The summed E-state index contributed by atoms with van der Waals surface area (Å²) >= 11 is 3.53. The van der Waals surface area contributed by atoms with E-state index >= 15 is 0 Å². The molecule has 1 aliphatic rings. The van der Waals surface area contributed by atoms with Gasteiger partial charge in [-0.1, -0.05) is 34.5 Å². The molecule has 0 spiro atoms. The molecule has 3 nitrogen and oxygen atoms in total. The number of rotatable bonds is 8. The monoisotopic (exact) mass is 327 g/mol. The van der Waals surface area contributed by atoms with Crippen LogP contribution in [-0.2, 0) is 0 Å². The van der Waals surface area contributed by atoms with Crippen LogP contribution >= 0.6 is 15.9 Å². The number of methoxy groups -OCH3 is 1. The van der Waals surface area contributed by atoms with Crippen LogP contribution in [0.1, 0.15) is 19.3 Å². The van der Waals surface area contributed by atoms with Crippen molar-refractivity contribution in [1.82, 2.24) is 4.90 Å². The maximum absolute atomic E-state index is 5.84. The Hall–Kier alpha value is -0.740. The van der Waals surface area contributed by atoms with Crippen molar-refractivity contribution < 1.29 is 9.47 Å². The van der Waals surface area contributed by atoms with Gasteiger partial charge in [-0.2, -0.15) is 0 Å². The number of benzene rings is 1. The molecule has 0 heterocycles. The minimum atomic E-state index is 0.712. The van der Waals surface area contributed by atoms with Gasteiger partial charge >= 0.3 is 0 Å². The molecule has 0 aromatic heterocycles. The normalized spacial score (nSPS) is 15.3. The van der Waals surface area contributed by atoms with Crippen LogP contribution in [-0.4, -0.2) is 43.1 Å². The molecule has 0 atom stereocenters. The summed E-state index contributed by atoms with van der Waals surface area (Å²) < 4.78 is 11.1. The van der Waals surface area contributed by atoms with Crippen LogP contribution in [0.15, 0.2) is 24.3 Å². The molecule has 2 rings (SSSR count). The maximum Gasteiger partial charge on any atom is 0.161 e. The molecular weight excluding hydrogens is 306 g/mol. The molecule has 0 bridgehead atoms. The average Bonchev–Trinajstić information content (AvgIpc) is 2.37. The van der Waals surface area contributed by atoms with E-state index in [9.17, 15) is 0 Å². The van der Waals surface area contributed by atoms with Crippen LogP contribution < -0.4 is 9.47 Å². The number of hydrogen-bond donors (Lipinski definition) is 0. The van der Waals surface area contributed by atoms with E-state index in [0.717, 1.165) is 36.0 Å². The number of alkyl halides is 1. The lowest BCUT2D eigenvalue weighted by Gasteiger charge is -2.37. The van der Waals surface area contributed by atoms with Crippen LogP contribution in [0.3, 0.4) is 0 Å². The Morgan fingerprint density at radius 3 is 2.53 bits per heavy atom. The van der Waals surface area contributed by atoms with Gasteiger partial charge in [0.15, 0.2) is 11.5 Å². The zero-order valence-electron chi connectivity index (χ0n) is 11.5. The second-order valence-electron chi connectivity index (χ2n) is 4.81. The number of nitrogens with zero attached hydrogens (tertiary/aromatic N) is 1. The minimum absolute atomic E-state index is 0.712. The Balaban J connectivity index is 1.80. The Morgan fingerprint density at radius 2 is 1.95 bits per heavy atom. The lowest BCUT2D eigenvalue weighted by molar-refractivity contribution is 0.113. The predicted octanol–water partition coefficient (Wildman–Crippen LogP) is 3.32. The second-order valence-corrected chi connectivity index (χ2v) is 5.60. The Bertz CT molecular complexity index is 382. The Labute approximate surface area is 124 Å². The highest BCUT2D eigenvalue weighted by molar-refractivity contribution is 9.09. The summed E-state index contributed by atoms with van der Waals surface area (Å²) in [7, 11) is 1.67.